The Kier molecular flexibility index (Phi) is 4.44. The van der Waals surface area contributed by atoms with Crippen LogP contribution >= 0.6 is 35.0 Å². The first-order chi connectivity index (χ1) is 10.8. The number of rotatable bonds is 3. The Morgan fingerprint density at radius 3 is 2.57 bits per heavy atom. The van der Waals surface area contributed by atoms with Gasteiger partial charge in [0.15, 0.2) is 10.8 Å². The van der Waals surface area contributed by atoms with Crippen molar-refractivity contribution >= 4 is 40.6 Å². The summed E-state index contributed by atoms with van der Waals surface area (Å²) in [6.07, 6.45) is -3.43. The molecular formula is C14H8Cl2F3N3S. The minimum Gasteiger partial charge on any atom is -0.277 e. The smallest absolute Gasteiger partial charge is 0.277 e. The van der Waals surface area contributed by atoms with Gasteiger partial charge in [-0.1, -0.05) is 41.0 Å². The SMILES string of the molecule is FC(F)(F)c1ccc2nnc(SCc3ccc(Cl)cc3Cl)n2c1. The molecule has 0 saturated carbocycles. The number of fused-ring (bicyclic) bond motifs is 1. The predicted molar refractivity (Wildman–Crippen MR) is 84.0 cm³/mol. The molecule has 23 heavy (non-hydrogen) atoms. The van der Waals surface area contributed by atoms with Gasteiger partial charge in [-0.2, -0.15) is 13.2 Å². The molecule has 120 valence electrons. The minimum absolute atomic E-state index is 0.350. The zero-order chi connectivity index (χ0) is 16.6. The fraction of sp³-hybridized carbons (Fsp3) is 0.143. The Bertz CT molecular complexity index is 864. The monoisotopic (exact) mass is 377 g/mol. The number of aromatic nitrogens is 3. The number of benzene rings is 1. The van der Waals surface area contributed by atoms with E-state index in [4.69, 9.17) is 23.2 Å². The quantitative estimate of drug-likeness (QED) is 0.576. The van der Waals surface area contributed by atoms with Crippen molar-refractivity contribution in [1.82, 2.24) is 14.6 Å². The van der Waals surface area contributed by atoms with Crippen molar-refractivity contribution in [2.75, 3.05) is 0 Å². The predicted octanol–water partition coefficient (Wildman–Crippen LogP) is 5.35. The molecule has 0 aliphatic rings. The zero-order valence-corrected chi connectivity index (χ0v) is 13.6. The average molecular weight is 378 g/mol. The lowest BCUT2D eigenvalue weighted by Crippen LogP contribution is -2.06. The topological polar surface area (TPSA) is 30.2 Å². The summed E-state index contributed by atoms with van der Waals surface area (Å²) in [5.74, 6) is 0.438. The third kappa shape index (κ3) is 3.57. The maximum Gasteiger partial charge on any atom is 0.417 e. The second-order valence-corrected chi connectivity index (χ2v) is 6.44. The molecule has 0 aliphatic carbocycles. The second kappa shape index (κ2) is 6.22. The van der Waals surface area contributed by atoms with Crippen LogP contribution < -0.4 is 0 Å². The van der Waals surface area contributed by atoms with Crippen LogP contribution in [0.2, 0.25) is 10.0 Å². The van der Waals surface area contributed by atoms with E-state index in [-0.39, 0.29) is 0 Å². The minimum atomic E-state index is -4.42. The van der Waals surface area contributed by atoms with Gasteiger partial charge in [-0.15, -0.1) is 10.2 Å². The summed E-state index contributed by atoms with van der Waals surface area (Å²) in [5.41, 5.74) is 0.406. The summed E-state index contributed by atoms with van der Waals surface area (Å²) in [6.45, 7) is 0. The fourth-order valence-electron chi connectivity index (χ4n) is 1.92. The summed E-state index contributed by atoms with van der Waals surface area (Å²) >= 11 is 13.2. The third-order valence-electron chi connectivity index (χ3n) is 3.07. The van der Waals surface area contributed by atoms with Gasteiger partial charge in [-0.25, -0.2) is 0 Å². The van der Waals surface area contributed by atoms with Crippen molar-refractivity contribution in [2.45, 2.75) is 17.1 Å². The molecule has 3 aromatic rings. The lowest BCUT2D eigenvalue weighted by Gasteiger charge is -2.07. The van der Waals surface area contributed by atoms with E-state index in [1.54, 1.807) is 18.2 Å². The average Bonchev–Trinajstić information content (AvgIpc) is 2.88. The van der Waals surface area contributed by atoms with Crippen LogP contribution in [0.25, 0.3) is 5.65 Å². The number of hydrogen-bond acceptors (Lipinski definition) is 3. The van der Waals surface area contributed by atoms with Crippen LogP contribution in [0.4, 0.5) is 13.2 Å². The largest absolute Gasteiger partial charge is 0.417 e. The van der Waals surface area contributed by atoms with Crippen molar-refractivity contribution in [1.29, 1.82) is 0 Å². The van der Waals surface area contributed by atoms with Crippen LogP contribution in [-0.4, -0.2) is 14.6 Å². The van der Waals surface area contributed by atoms with E-state index in [1.165, 1.54) is 22.2 Å². The number of pyridine rings is 1. The molecule has 0 spiro atoms. The number of hydrogen-bond donors (Lipinski definition) is 0. The van der Waals surface area contributed by atoms with Crippen molar-refractivity contribution < 1.29 is 13.2 Å². The second-order valence-electron chi connectivity index (χ2n) is 4.65. The van der Waals surface area contributed by atoms with Crippen molar-refractivity contribution in [3.05, 3.63) is 57.7 Å². The number of nitrogens with zero attached hydrogens (tertiary/aromatic N) is 3. The van der Waals surface area contributed by atoms with Crippen LogP contribution in [0, 0.1) is 0 Å². The van der Waals surface area contributed by atoms with Crippen LogP contribution in [0.1, 0.15) is 11.1 Å². The lowest BCUT2D eigenvalue weighted by atomic mass is 10.2. The first kappa shape index (κ1) is 16.4. The van der Waals surface area contributed by atoms with Crippen LogP contribution in [0.15, 0.2) is 41.7 Å². The van der Waals surface area contributed by atoms with E-state index in [0.717, 1.165) is 17.8 Å². The Morgan fingerprint density at radius 1 is 1.09 bits per heavy atom. The van der Waals surface area contributed by atoms with Gasteiger partial charge >= 0.3 is 6.18 Å². The molecule has 0 N–H and O–H groups in total. The van der Waals surface area contributed by atoms with E-state index < -0.39 is 11.7 Å². The Morgan fingerprint density at radius 2 is 1.87 bits per heavy atom. The molecule has 0 fully saturated rings. The molecule has 2 heterocycles. The van der Waals surface area contributed by atoms with Gasteiger partial charge in [0.25, 0.3) is 0 Å². The lowest BCUT2D eigenvalue weighted by molar-refractivity contribution is -0.137. The molecule has 0 saturated heterocycles. The fourth-order valence-corrected chi connectivity index (χ4v) is 3.39. The normalized spacial score (nSPS) is 12.0. The molecule has 0 bridgehead atoms. The maximum atomic E-state index is 12.8. The molecule has 1 aromatic carbocycles. The standard InChI is InChI=1S/C14H8Cl2F3N3S/c15-10-3-1-8(11(16)5-10)7-23-13-21-20-12-4-2-9(6-22(12)13)14(17,18)19/h1-6H,7H2. The van der Waals surface area contributed by atoms with Crippen LogP contribution in [0.3, 0.4) is 0 Å². The van der Waals surface area contributed by atoms with Crippen molar-refractivity contribution in [2.24, 2.45) is 0 Å². The first-order valence-corrected chi connectivity index (χ1v) is 8.07. The molecule has 0 atom stereocenters. The van der Waals surface area contributed by atoms with E-state index in [2.05, 4.69) is 10.2 Å². The van der Waals surface area contributed by atoms with E-state index in [9.17, 15) is 13.2 Å². The van der Waals surface area contributed by atoms with Crippen LogP contribution in [-0.2, 0) is 11.9 Å². The van der Waals surface area contributed by atoms with Gasteiger partial charge in [0, 0.05) is 22.0 Å². The molecule has 0 amide bonds. The van der Waals surface area contributed by atoms with Gasteiger partial charge in [0.05, 0.1) is 5.56 Å². The highest BCUT2D eigenvalue weighted by atomic mass is 35.5. The number of halogens is 5. The maximum absolute atomic E-state index is 12.8. The van der Waals surface area contributed by atoms with E-state index in [1.807, 2.05) is 0 Å². The summed E-state index contributed by atoms with van der Waals surface area (Å²) < 4.78 is 39.7. The number of alkyl halides is 3. The van der Waals surface area contributed by atoms with E-state index in [0.29, 0.717) is 26.6 Å². The number of thioether (sulfide) groups is 1. The van der Waals surface area contributed by atoms with Gasteiger partial charge in [0.1, 0.15) is 0 Å². The molecule has 3 rings (SSSR count). The zero-order valence-electron chi connectivity index (χ0n) is 11.3. The Hall–Kier alpha value is -1.44. The highest BCUT2D eigenvalue weighted by Gasteiger charge is 2.31. The highest BCUT2D eigenvalue weighted by Crippen LogP contribution is 2.31. The summed E-state index contributed by atoms with van der Waals surface area (Å²) in [5, 5.41) is 9.16. The molecule has 0 radical (unpaired) electrons. The molecule has 0 unspecified atom stereocenters. The van der Waals surface area contributed by atoms with E-state index >= 15 is 0 Å². The Balaban J connectivity index is 1.88. The summed E-state index contributed by atoms with van der Waals surface area (Å²) in [6, 6.07) is 7.35. The molecule has 0 aliphatic heterocycles. The molecule has 3 nitrogen and oxygen atoms in total. The summed E-state index contributed by atoms with van der Waals surface area (Å²) in [7, 11) is 0. The highest BCUT2D eigenvalue weighted by molar-refractivity contribution is 7.98. The first-order valence-electron chi connectivity index (χ1n) is 6.33. The third-order valence-corrected chi connectivity index (χ3v) is 4.65. The van der Waals surface area contributed by atoms with Crippen molar-refractivity contribution in [3.63, 3.8) is 0 Å². The van der Waals surface area contributed by atoms with Gasteiger partial charge < -0.3 is 0 Å². The molecule has 2 aromatic heterocycles. The molecular weight excluding hydrogens is 370 g/mol. The van der Waals surface area contributed by atoms with Crippen molar-refractivity contribution in [3.8, 4) is 0 Å². The van der Waals surface area contributed by atoms with Gasteiger partial charge in [-0.3, -0.25) is 4.40 Å². The summed E-state index contributed by atoms with van der Waals surface area (Å²) in [4.78, 5) is 0. The van der Waals surface area contributed by atoms with Crippen LogP contribution in [0.5, 0.6) is 0 Å². The molecule has 9 heteroatoms. The Labute approximate surface area is 143 Å². The van der Waals surface area contributed by atoms with Gasteiger partial charge in [0.2, 0.25) is 0 Å². The van der Waals surface area contributed by atoms with Gasteiger partial charge in [-0.05, 0) is 29.8 Å².